The molecule has 2 aliphatic rings. The highest BCUT2D eigenvalue weighted by Crippen LogP contribution is 2.38. The number of hydrogen-bond acceptors (Lipinski definition) is 2. The van der Waals surface area contributed by atoms with Gasteiger partial charge in [0.1, 0.15) is 0 Å². The van der Waals surface area contributed by atoms with Crippen LogP contribution in [0.3, 0.4) is 0 Å². The summed E-state index contributed by atoms with van der Waals surface area (Å²) in [7, 11) is -0.305. The third-order valence-corrected chi connectivity index (χ3v) is 5.33. The van der Waals surface area contributed by atoms with E-state index >= 15 is 0 Å². The maximum atomic E-state index is 6.28. The average Bonchev–Trinajstić information content (AvgIpc) is 3.00. The van der Waals surface area contributed by atoms with Crippen molar-refractivity contribution < 1.29 is 9.31 Å². The number of rotatable bonds is 1. The van der Waals surface area contributed by atoms with Gasteiger partial charge < -0.3 is 9.31 Å². The SMILES string of the molecule is CC1(C)OB(c2cc3c(c4ccccc24)C=CC3)OC1(C)C. The maximum Gasteiger partial charge on any atom is 0.495 e. The van der Waals surface area contributed by atoms with E-state index in [9.17, 15) is 0 Å². The molecule has 1 heterocycles. The molecule has 0 amide bonds. The van der Waals surface area contributed by atoms with Crippen molar-refractivity contribution in [2.75, 3.05) is 0 Å². The minimum Gasteiger partial charge on any atom is -0.399 e. The van der Waals surface area contributed by atoms with Crippen molar-refractivity contribution in [3.8, 4) is 0 Å². The van der Waals surface area contributed by atoms with Gasteiger partial charge in [-0.25, -0.2) is 0 Å². The highest BCUT2D eigenvalue weighted by Gasteiger charge is 2.52. The molecule has 0 saturated carbocycles. The van der Waals surface area contributed by atoms with Crippen LogP contribution in [0, 0.1) is 0 Å². The molecular weight excluding hydrogens is 271 g/mol. The van der Waals surface area contributed by atoms with Gasteiger partial charge in [0, 0.05) is 0 Å². The van der Waals surface area contributed by atoms with Gasteiger partial charge in [-0.3, -0.25) is 0 Å². The molecule has 2 aromatic rings. The molecule has 0 N–H and O–H groups in total. The molecule has 2 nitrogen and oxygen atoms in total. The van der Waals surface area contributed by atoms with E-state index in [1.165, 1.54) is 21.9 Å². The molecule has 0 atom stereocenters. The molecule has 2 aromatic carbocycles. The highest BCUT2D eigenvalue weighted by atomic mass is 16.7. The van der Waals surface area contributed by atoms with E-state index < -0.39 is 0 Å². The minimum absolute atomic E-state index is 0.305. The van der Waals surface area contributed by atoms with Crippen molar-refractivity contribution in [1.29, 1.82) is 0 Å². The summed E-state index contributed by atoms with van der Waals surface area (Å²) >= 11 is 0. The molecular formula is C19H21BO2. The van der Waals surface area contributed by atoms with E-state index in [1.54, 1.807) is 0 Å². The van der Waals surface area contributed by atoms with Gasteiger partial charge in [-0.2, -0.15) is 0 Å². The summed E-state index contributed by atoms with van der Waals surface area (Å²) in [5, 5.41) is 2.52. The van der Waals surface area contributed by atoms with E-state index in [-0.39, 0.29) is 18.3 Å². The van der Waals surface area contributed by atoms with Crippen LogP contribution in [-0.2, 0) is 15.7 Å². The van der Waals surface area contributed by atoms with Gasteiger partial charge in [0.2, 0.25) is 0 Å². The second-order valence-electron chi connectivity index (χ2n) is 7.28. The van der Waals surface area contributed by atoms with E-state index in [1.807, 2.05) is 0 Å². The van der Waals surface area contributed by atoms with Crippen LogP contribution >= 0.6 is 0 Å². The lowest BCUT2D eigenvalue weighted by molar-refractivity contribution is 0.00578. The van der Waals surface area contributed by atoms with Crippen molar-refractivity contribution in [3.05, 3.63) is 47.5 Å². The normalized spacial score (nSPS) is 21.5. The van der Waals surface area contributed by atoms with Crippen molar-refractivity contribution in [1.82, 2.24) is 0 Å². The molecule has 22 heavy (non-hydrogen) atoms. The van der Waals surface area contributed by atoms with Gasteiger partial charge >= 0.3 is 7.12 Å². The number of allylic oxidation sites excluding steroid dienone is 1. The van der Waals surface area contributed by atoms with Crippen LogP contribution in [0.2, 0.25) is 0 Å². The average molecular weight is 292 g/mol. The third kappa shape index (κ3) is 1.89. The molecule has 1 fully saturated rings. The monoisotopic (exact) mass is 292 g/mol. The fraction of sp³-hybridized carbons (Fsp3) is 0.368. The molecule has 3 heteroatoms. The zero-order chi connectivity index (χ0) is 15.5. The van der Waals surface area contributed by atoms with Crippen molar-refractivity contribution in [2.45, 2.75) is 45.3 Å². The van der Waals surface area contributed by atoms with Gasteiger partial charge in [0.25, 0.3) is 0 Å². The van der Waals surface area contributed by atoms with Crippen LogP contribution in [0.25, 0.3) is 16.8 Å². The standard InChI is InChI=1S/C19H21BO2/c1-18(2)19(3,4)22-20(21-18)17-12-13-8-7-11-14(13)15-9-5-6-10-16(15)17/h5-7,9-12H,8H2,1-4H3. The first-order chi connectivity index (χ1) is 10.4. The minimum atomic E-state index is -0.309. The third-order valence-electron chi connectivity index (χ3n) is 5.33. The van der Waals surface area contributed by atoms with Gasteiger partial charge in [-0.05, 0) is 61.5 Å². The first-order valence-corrected chi connectivity index (χ1v) is 7.96. The van der Waals surface area contributed by atoms with Crippen LogP contribution < -0.4 is 5.46 Å². The van der Waals surface area contributed by atoms with E-state index in [4.69, 9.17) is 9.31 Å². The van der Waals surface area contributed by atoms with Gasteiger partial charge in [-0.15, -0.1) is 0 Å². The first-order valence-electron chi connectivity index (χ1n) is 7.96. The summed E-state index contributed by atoms with van der Waals surface area (Å²) in [6.07, 6.45) is 5.45. The van der Waals surface area contributed by atoms with E-state index in [0.717, 1.165) is 11.9 Å². The molecule has 112 valence electrons. The smallest absolute Gasteiger partial charge is 0.399 e. The molecule has 0 spiro atoms. The predicted molar refractivity (Wildman–Crippen MR) is 92.4 cm³/mol. The summed E-state index contributed by atoms with van der Waals surface area (Å²) < 4.78 is 12.6. The lowest BCUT2D eigenvalue weighted by Gasteiger charge is -2.32. The Bertz CT molecular complexity index is 773. The summed E-state index contributed by atoms with van der Waals surface area (Å²) in [4.78, 5) is 0. The van der Waals surface area contributed by atoms with Crippen molar-refractivity contribution >= 4 is 29.4 Å². The summed E-state index contributed by atoms with van der Waals surface area (Å²) in [6.45, 7) is 8.41. The molecule has 0 unspecified atom stereocenters. The summed E-state index contributed by atoms with van der Waals surface area (Å²) in [6, 6.07) is 10.8. The fourth-order valence-electron chi connectivity index (χ4n) is 3.32. The number of hydrogen-bond donors (Lipinski definition) is 0. The van der Waals surface area contributed by atoms with E-state index in [0.29, 0.717) is 0 Å². The summed E-state index contributed by atoms with van der Waals surface area (Å²) in [5.41, 5.74) is 3.24. The van der Waals surface area contributed by atoms with Gasteiger partial charge in [0.05, 0.1) is 11.2 Å². The van der Waals surface area contributed by atoms with Crippen molar-refractivity contribution in [2.24, 2.45) is 0 Å². The Balaban J connectivity index is 1.90. The molecule has 1 aliphatic heterocycles. The van der Waals surface area contributed by atoms with E-state index in [2.05, 4.69) is 70.2 Å². The predicted octanol–water partition coefficient (Wildman–Crippen LogP) is 3.71. The molecule has 4 rings (SSSR count). The second kappa shape index (κ2) is 4.47. The van der Waals surface area contributed by atoms with Crippen LogP contribution in [0.1, 0.15) is 38.8 Å². The Morgan fingerprint density at radius 1 is 0.955 bits per heavy atom. The topological polar surface area (TPSA) is 18.5 Å². The second-order valence-corrected chi connectivity index (χ2v) is 7.28. The Hall–Kier alpha value is -1.58. The zero-order valence-corrected chi connectivity index (χ0v) is 13.6. The zero-order valence-electron chi connectivity index (χ0n) is 13.6. The summed E-state index contributed by atoms with van der Waals surface area (Å²) in [5.74, 6) is 0. The first kappa shape index (κ1) is 14.0. The van der Waals surface area contributed by atoms with Crippen LogP contribution in [0.15, 0.2) is 36.4 Å². The Labute approximate surface area is 132 Å². The van der Waals surface area contributed by atoms with Gasteiger partial charge in [-0.1, -0.05) is 42.5 Å². The van der Waals surface area contributed by atoms with Crippen LogP contribution in [-0.4, -0.2) is 18.3 Å². The molecule has 0 aromatic heterocycles. The molecule has 1 saturated heterocycles. The molecule has 0 bridgehead atoms. The van der Waals surface area contributed by atoms with Crippen LogP contribution in [0.5, 0.6) is 0 Å². The molecule has 1 aliphatic carbocycles. The highest BCUT2D eigenvalue weighted by molar-refractivity contribution is 6.65. The largest absolute Gasteiger partial charge is 0.495 e. The van der Waals surface area contributed by atoms with Gasteiger partial charge in [0.15, 0.2) is 0 Å². The van der Waals surface area contributed by atoms with Crippen molar-refractivity contribution in [3.63, 3.8) is 0 Å². The van der Waals surface area contributed by atoms with Crippen LogP contribution in [0.4, 0.5) is 0 Å². The Morgan fingerprint density at radius 3 is 2.27 bits per heavy atom. The molecule has 0 radical (unpaired) electrons. The lowest BCUT2D eigenvalue weighted by Crippen LogP contribution is -2.41. The quantitative estimate of drug-likeness (QED) is 0.746. The number of fused-ring (bicyclic) bond motifs is 3. The number of benzene rings is 2. The maximum absolute atomic E-state index is 6.28. The Morgan fingerprint density at radius 2 is 1.59 bits per heavy atom. The lowest BCUT2D eigenvalue weighted by atomic mass is 9.74. The Kier molecular flexibility index (Phi) is 2.85. The fourth-order valence-corrected chi connectivity index (χ4v) is 3.32.